The highest BCUT2D eigenvalue weighted by molar-refractivity contribution is 6.06. The first-order valence-corrected chi connectivity index (χ1v) is 22.5. The van der Waals surface area contributed by atoms with Crippen molar-refractivity contribution < 1.29 is 47.0 Å². The summed E-state index contributed by atoms with van der Waals surface area (Å²) in [5.74, 6) is -0.244. The lowest BCUT2D eigenvalue weighted by molar-refractivity contribution is -0.118. The van der Waals surface area contributed by atoms with Gasteiger partial charge in [-0.3, -0.25) is 19.2 Å². The molecule has 1 heterocycles. The summed E-state index contributed by atoms with van der Waals surface area (Å²) >= 11 is 0. The van der Waals surface area contributed by atoms with Gasteiger partial charge >= 0.3 is 12.2 Å². The van der Waals surface area contributed by atoms with Gasteiger partial charge in [0.2, 0.25) is 0 Å². The van der Waals surface area contributed by atoms with Crippen molar-refractivity contribution in [2.45, 2.75) is 90.1 Å². The molecule has 0 spiro atoms. The number of carbonyl (C=O) groups is 6. The van der Waals surface area contributed by atoms with Gasteiger partial charge in [0.1, 0.15) is 29.5 Å². The van der Waals surface area contributed by atoms with Gasteiger partial charge in [-0.05, 0) is 134 Å². The molecular formula is C51H55ClF2N6O8. The number of hydrogen-bond acceptors (Lipinski definition) is 10. The Morgan fingerprint density at radius 1 is 0.706 bits per heavy atom. The maximum absolute atomic E-state index is 13.5. The zero-order valence-corrected chi connectivity index (χ0v) is 38.7. The first-order valence-electron chi connectivity index (χ1n) is 22.5. The molecule has 14 nitrogen and oxygen atoms in total. The first-order chi connectivity index (χ1) is 32.2. The van der Waals surface area contributed by atoms with Crippen molar-refractivity contribution >= 4 is 59.3 Å². The number of halogens is 3. The van der Waals surface area contributed by atoms with Crippen LogP contribution in [0.25, 0.3) is 0 Å². The number of nitrogens with one attached hydrogen (secondary N) is 3. The lowest BCUT2D eigenvalue weighted by atomic mass is 10.0. The van der Waals surface area contributed by atoms with Crippen LogP contribution in [0.3, 0.4) is 0 Å². The van der Waals surface area contributed by atoms with Crippen LogP contribution in [0.4, 0.5) is 29.7 Å². The van der Waals surface area contributed by atoms with Gasteiger partial charge in [-0.1, -0.05) is 24.3 Å². The van der Waals surface area contributed by atoms with Crippen LogP contribution in [-0.2, 0) is 31.9 Å². The average molecular weight is 953 g/mol. The number of hydrogen-bond donors (Lipinski definition) is 4. The molecule has 0 bridgehead atoms. The molecule has 2 saturated carbocycles. The third-order valence-electron chi connectivity index (χ3n) is 12.5. The van der Waals surface area contributed by atoms with Crippen LogP contribution in [0.5, 0.6) is 0 Å². The molecule has 0 radical (unpaired) electrons. The summed E-state index contributed by atoms with van der Waals surface area (Å²) in [5.41, 5.74) is 13.2. The van der Waals surface area contributed by atoms with Gasteiger partial charge in [0.15, 0.2) is 0 Å². The van der Waals surface area contributed by atoms with Crippen molar-refractivity contribution in [1.82, 2.24) is 14.9 Å². The number of benzene rings is 4. The maximum Gasteiger partial charge on any atom is 0.419 e. The quantitative estimate of drug-likeness (QED) is 0.110. The molecule has 1 aromatic heterocycles. The van der Waals surface area contributed by atoms with Crippen LogP contribution in [0, 0.1) is 37.3 Å². The molecule has 3 amide bonds. The number of amides is 3. The van der Waals surface area contributed by atoms with Crippen molar-refractivity contribution in [3.63, 3.8) is 0 Å². The Morgan fingerprint density at radius 3 is 1.75 bits per heavy atom. The van der Waals surface area contributed by atoms with E-state index in [9.17, 15) is 37.5 Å². The summed E-state index contributed by atoms with van der Waals surface area (Å²) in [7, 11) is 0. The minimum atomic E-state index is -0.506. The molecule has 0 saturated heterocycles. The fourth-order valence-corrected chi connectivity index (χ4v) is 8.83. The van der Waals surface area contributed by atoms with E-state index < -0.39 is 12.2 Å². The molecule has 4 aromatic carbocycles. The van der Waals surface area contributed by atoms with Crippen molar-refractivity contribution in [3.05, 3.63) is 148 Å². The number of anilines is 2. The number of nitrogens with two attached hydrogens (primary N) is 1. The van der Waals surface area contributed by atoms with E-state index in [2.05, 4.69) is 20.9 Å². The van der Waals surface area contributed by atoms with Gasteiger partial charge in [0.05, 0.1) is 19.3 Å². The summed E-state index contributed by atoms with van der Waals surface area (Å²) in [5, 5.41) is 8.53. The molecule has 4 atom stereocenters. The molecule has 5 N–H and O–H groups in total. The third-order valence-corrected chi connectivity index (χ3v) is 12.5. The fourth-order valence-electron chi connectivity index (χ4n) is 8.83. The highest BCUT2D eigenvalue weighted by Crippen LogP contribution is 2.35. The number of nitrogens with zero attached hydrogens (tertiary/aromatic N) is 2. The largest absolute Gasteiger partial charge is 0.449 e. The minimum absolute atomic E-state index is 0. The standard InChI is InChI=1S/C24H25FN2O4.C17H17FN2O.C10H12N2O3.ClH/c1-14-11-16(6-9-21(14)25)26-23(29)20-4-2-3-19-18(20)8-10-22(19)27-24(30)31-13-15-5-7-17(28)12-15;1-10-9-11(5-7-15(10)18)20-17(21)14-4-2-3-13-12(14)6-8-16(13)19;13-9-2-1-8(5-9)6-15-10(14)12-4-3-11-7-12;/h2-4,6,9,11,15,22H,5,7-8,10,12-13H2,1H3,(H,26,29)(H,27,30);2-5,7,9,16H,6,8,19H2,1H3,(H,20,21);3-4,7-8H,1-2,5-6H2;1H/t15-,22+;16-;8-;/m101./s1. The molecule has 17 heteroatoms. The number of ketones is 2. The zero-order chi connectivity index (χ0) is 47.6. The summed E-state index contributed by atoms with van der Waals surface area (Å²) in [6.45, 7) is 3.88. The number of rotatable bonds is 9. The highest BCUT2D eigenvalue weighted by Gasteiger charge is 2.30. The first kappa shape index (κ1) is 50.6. The summed E-state index contributed by atoms with van der Waals surface area (Å²) in [6.07, 6.45) is 10.3. The Labute approximate surface area is 399 Å². The van der Waals surface area contributed by atoms with E-state index in [1.54, 1.807) is 44.2 Å². The van der Waals surface area contributed by atoms with Crippen LogP contribution in [0.2, 0.25) is 0 Å². The monoisotopic (exact) mass is 952 g/mol. The second-order valence-corrected chi connectivity index (χ2v) is 17.4. The Hall–Kier alpha value is -6.78. The van der Waals surface area contributed by atoms with E-state index in [-0.39, 0.29) is 77.9 Å². The number of aryl methyl sites for hydroxylation is 2. The lowest BCUT2D eigenvalue weighted by Gasteiger charge is -2.16. The molecule has 0 aliphatic heterocycles. The van der Waals surface area contributed by atoms with Crippen LogP contribution < -0.4 is 21.7 Å². The van der Waals surface area contributed by atoms with E-state index in [1.807, 2.05) is 24.3 Å². The van der Waals surface area contributed by atoms with E-state index in [1.165, 1.54) is 41.5 Å². The number of imidazole rings is 1. The van der Waals surface area contributed by atoms with Crippen LogP contribution in [0.15, 0.2) is 91.5 Å². The molecule has 2 fully saturated rings. The molecular weight excluding hydrogens is 898 g/mol. The van der Waals surface area contributed by atoms with Crippen molar-refractivity contribution in [2.24, 2.45) is 17.6 Å². The number of ether oxygens (including phenoxy) is 2. The number of Topliss-reactive ketones (excluding diaryl/α,β-unsaturated/α-hetero) is 2. The topological polar surface area (TPSA) is 201 Å². The van der Waals surface area contributed by atoms with Gasteiger partial charge in [-0.25, -0.2) is 27.9 Å². The van der Waals surface area contributed by atoms with E-state index in [0.717, 1.165) is 47.9 Å². The lowest BCUT2D eigenvalue weighted by Crippen LogP contribution is -2.29. The molecule has 5 aromatic rings. The predicted octanol–water partition coefficient (Wildman–Crippen LogP) is 9.46. The molecule has 9 rings (SSSR count). The van der Waals surface area contributed by atoms with Crippen LogP contribution in [0.1, 0.15) is 118 Å². The molecule has 358 valence electrons. The van der Waals surface area contributed by atoms with E-state index in [4.69, 9.17) is 15.2 Å². The van der Waals surface area contributed by atoms with Gasteiger partial charge in [-0.15, -0.1) is 12.4 Å². The van der Waals surface area contributed by atoms with Crippen LogP contribution >= 0.6 is 12.4 Å². The molecule has 4 aliphatic carbocycles. The number of alkyl carbamates (subject to hydrolysis) is 1. The molecule has 0 unspecified atom stereocenters. The fraction of sp³-hybridized carbons (Fsp3) is 0.353. The SMILES string of the molecule is Cc1cc(NC(=O)c2cccc3c2CC[C@@H]3N)ccc1F.Cc1cc(NC(=O)c2cccc3c2CC[C@@H]3NC(=O)OC[C@@H]2CCC(=O)C2)ccc1F.Cl.O=C1CC[C@@H](COC(=O)n2ccnc2)C1. The Balaban J connectivity index is 0.000000178. The zero-order valence-electron chi connectivity index (χ0n) is 37.9. The van der Waals surface area contributed by atoms with E-state index in [0.29, 0.717) is 78.8 Å². The summed E-state index contributed by atoms with van der Waals surface area (Å²) < 4.78 is 38.4. The van der Waals surface area contributed by atoms with Gasteiger partial charge in [-0.2, -0.15) is 0 Å². The minimum Gasteiger partial charge on any atom is -0.449 e. The Morgan fingerprint density at radius 2 is 1.24 bits per heavy atom. The van der Waals surface area contributed by atoms with Crippen molar-refractivity contribution in [3.8, 4) is 0 Å². The Kier molecular flexibility index (Phi) is 17.3. The number of aromatic nitrogens is 2. The van der Waals surface area contributed by atoms with Gasteiger partial charge in [0.25, 0.3) is 11.8 Å². The van der Waals surface area contributed by atoms with Crippen LogP contribution in [-0.4, -0.2) is 58.3 Å². The second-order valence-electron chi connectivity index (χ2n) is 17.4. The normalized spacial score (nSPS) is 18.7. The molecule has 68 heavy (non-hydrogen) atoms. The average Bonchev–Trinajstić information content (AvgIpc) is 4.19. The van der Waals surface area contributed by atoms with E-state index >= 15 is 0 Å². The number of fused-ring (bicyclic) bond motifs is 2. The van der Waals surface area contributed by atoms with Gasteiger partial charge in [0, 0.05) is 78.5 Å². The summed E-state index contributed by atoms with van der Waals surface area (Å²) in [4.78, 5) is 74.9. The molecule has 4 aliphatic rings. The Bertz CT molecular complexity index is 2660. The van der Waals surface area contributed by atoms with Crippen molar-refractivity contribution in [2.75, 3.05) is 23.8 Å². The predicted molar refractivity (Wildman–Crippen MR) is 253 cm³/mol. The summed E-state index contributed by atoms with van der Waals surface area (Å²) in [6, 6.07) is 19.9. The third kappa shape index (κ3) is 13.0. The maximum atomic E-state index is 13.5. The van der Waals surface area contributed by atoms with Gasteiger partial charge < -0.3 is 31.2 Å². The highest BCUT2D eigenvalue weighted by atomic mass is 35.5. The second kappa shape index (κ2) is 23.3. The number of carbonyl (C=O) groups excluding carboxylic acids is 6. The van der Waals surface area contributed by atoms with Crippen molar-refractivity contribution in [1.29, 1.82) is 0 Å². The smallest absolute Gasteiger partial charge is 0.419 e.